The largest absolute Gasteiger partial charge is 0.512 e. The van der Waals surface area contributed by atoms with E-state index in [0.717, 1.165) is 5.54 Å². The van der Waals surface area contributed by atoms with Crippen LogP contribution < -0.4 is 0 Å². The number of carbonyl (C=O) groups is 1. The van der Waals surface area contributed by atoms with E-state index in [4.69, 9.17) is 28.3 Å². The van der Waals surface area contributed by atoms with Crippen LogP contribution in [0, 0.1) is 0 Å². The third-order valence-corrected chi connectivity index (χ3v) is 0.767. The number of rotatable bonds is 1. The lowest BCUT2D eigenvalue weighted by Crippen LogP contribution is -1.94. The Morgan fingerprint density at radius 2 is 2.25 bits per heavy atom. The van der Waals surface area contributed by atoms with E-state index in [1.807, 2.05) is 0 Å². The van der Waals surface area contributed by atoms with Gasteiger partial charge in [-0.25, -0.2) is 4.79 Å². The van der Waals surface area contributed by atoms with Crippen LogP contribution in [0.25, 0.3) is 0 Å². The summed E-state index contributed by atoms with van der Waals surface area (Å²) in [5.74, 6) is 0. The van der Waals surface area contributed by atoms with Crippen LogP contribution in [0.5, 0.6) is 0 Å². The van der Waals surface area contributed by atoms with Crippen molar-refractivity contribution in [2.24, 2.45) is 0 Å². The molecular formula is C3H2Cl2O3. The van der Waals surface area contributed by atoms with Crippen LogP contribution >= 0.6 is 23.2 Å². The summed E-state index contributed by atoms with van der Waals surface area (Å²) in [5.41, 5.74) is 0.815. The zero-order chi connectivity index (χ0) is 6.57. The highest BCUT2D eigenvalue weighted by molar-refractivity contribution is 6.35. The lowest BCUT2D eigenvalue weighted by atomic mass is 11.1. The first-order valence-electron chi connectivity index (χ1n) is 1.53. The van der Waals surface area contributed by atoms with Gasteiger partial charge in [0.25, 0.3) is 0 Å². The fourth-order valence-corrected chi connectivity index (χ4v) is 0.216. The van der Waals surface area contributed by atoms with Crippen LogP contribution in [0.1, 0.15) is 0 Å². The van der Waals surface area contributed by atoms with Crippen LogP contribution in [-0.4, -0.2) is 11.3 Å². The molecule has 5 heteroatoms. The summed E-state index contributed by atoms with van der Waals surface area (Å²) >= 11 is 9.90. The topological polar surface area (TPSA) is 46.5 Å². The third-order valence-electron chi connectivity index (χ3n) is 0.271. The highest BCUT2D eigenvalue weighted by Crippen LogP contribution is 2.03. The monoisotopic (exact) mass is 156 g/mol. The summed E-state index contributed by atoms with van der Waals surface area (Å²) in [6.45, 7) is 0. The molecule has 0 aliphatic rings. The summed E-state index contributed by atoms with van der Waals surface area (Å²) in [5, 5.41) is 7.45. The van der Waals surface area contributed by atoms with Crippen molar-refractivity contribution in [3.63, 3.8) is 0 Å². The molecule has 0 saturated heterocycles. The van der Waals surface area contributed by atoms with Gasteiger partial charge in [0.15, 0.2) is 0 Å². The highest BCUT2D eigenvalue weighted by atomic mass is 35.5. The maximum Gasteiger partial charge on any atom is 0.512 e. The predicted molar refractivity (Wildman–Crippen MR) is 28.9 cm³/mol. The van der Waals surface area contributed by atoms with E-state index in [1.165, 1.54) is 0 Å². The normalized spacial score (nSPS) is 11.0. The summed E-state index contributed by atoms with van der Waals surface area (Å²) in [6.07, 6.45) is -1.48. The molecule has 0 fully saturated rings. The van der Waals surface area contributed by atoms with E-state index in [2.05, 4.69) is 4.74 Å². The van der Waals surface area contributed by atoms with Gasteiger partial charge in [-0.05, 0) is 11.6 Å². The number of ether oxygens (including phenoxy) is 1. The van der Waals surface area contributed by atoms with Crippen LogP contribution in [0.4, 0.5) is 4.79 Å². The highest BCUT2D eigenvalue weighted by Gasteiger charge is 1.97. The standard InChI is InChI=1S/C3H2Cl2O3/c4-1-2(5)8-3(6)7/h1H,(H,6,7)/b2-1+. The van der Waals surface area contributed by atoms with Gasteiger partial charge in [-0.2, -0.15) is 0 Å². The Morgan fingerprint density at radius 1 is 1.75 bits per heavy atom. The molecule has 0 aromatic carbocycles. The Bertz CT molecular complexity index is 120. The Hall–Kier alpha value is -0.410. The molecule has 8 heavy (non-hydrogen) atoms. The summed E-state index contributed by atoms with van der Waals surface area (Å²) in [4.78, 5) is 9.56. The SMILES string of the molecule is O=C(O)O/C(Cl)=C/Cl. The van der Waals surface area contributed by atoms with Gasteiger partial charge in [0, 0.05) is 0 Å². The van der Waals surface area contributed by atoms with E-state index < -0.39 is 6.16 Å². The predicted octanol–water partition coefficient (Wildman–Crippen LogP) is 1.96. The van der Waals surface area contributed by atoms with Gasteiger partial charge in [-0.3, -0.25) is 0 Å². The Kier molecular flexibility index (Phi) is 3.39. The van der Waals surface area contributed by atoms with Crippen molar-refractivity contribution >= 4 is 29.4 Å². The number of carboxylic acid groups (broad SMARTS) is 1. The second-order valence-corrected chi connectivity index (χ2v) is 1.37. The minimum absolute atomic E-state index is 0.362. The summed E-state index contributed by atoms with van der Waals surface area (Å²) in [7, 11) is 0. The van der Waals surface area contributed by atoms with Gasteiger partial charge in [-0.1, -0.05) is 11.6 Å². The Morgan fingerprint density at radius 3 is 2.38 bits per heavy atom. The lowest BCUT2D eigenvalue weighted by molar-refractivity contribution is 0.125. The van der Waals surface area contributed by atoms with Crippen LogP contribution in [-0.2, 0) is 4.74 Å². The smallest absolute Gasteiger partial charge is 0.449 e. The molecule has 0 spiro atoms. The van der Waals surface area contributed by atoms with Crippen molar-refractivity contribution in [1.29, 1.82) is 0 Å². The molecule has 0 saturated carbocycles. The molecule has 3 nitrogen and oxygen atoms in total. The van der Waals surface area contributed by atoms with Crippen molar-refractivity contribution < 1.29 is 14.6 Å². The van der Waals surface area contributed by atoms with Gasteiger partial charge in [-0.15, -0.1) is 0 Å². The number of halogens is 2. The van der Waals surface area contributed by atoms with Gasteiger partial charge in [0.05, 0.1) is 5.54 Å². The molecule has 0 aliphatic carbocycles. The van der Waals surface area contributed by atoms with Gasteiger partial charge in [0.2, 0.25) is 5.22 Å². The molecular weight excluding hydrogens is 155 g/mol. The molecule has 0 atom stereocenters. The summed E-state index contributed by atoms with van der Waals surface area (Å²) in [6, 6.07) is 0. The molecule has 0 amide bonds. The molecule has 46 valence electrons. The van der Waals surface area contributed by atoms with Crippen molar-refractivity contribution in [1.82, 2.24) is 0 Å². The number of hydrogen-bond acceptors (Lipinski definition) is 2. The first kappa shape index (κ1) is 7.59. The molecule has 0 aromatic heterocycles. The molecule has 0 rings (SSSR count). The quantitative estimate of drug-likeness (QED) is 0.467. The Balaban J connectivity index is 3.56. The number of hydrogen-bond donors (Lipinski definition) is 1. The molecule has 0 bridgehead atoms. The molecule has 0 radical (unpaired) electrons. The zero-order valence-electron chi connectivity index (χ0n) is 3.60. The van der Waals surface area contributed by atoms with E-state index >= 15 is 0 Å². The van der Waals surface area contributed by atoms with Gasteiger partial charge >= 0.3 is 6.16 Å². The van der Waals surface area contributed by atoms with Crippen molar-refractivity contribution in [2.45, 2.75) is 0 Å². The minimum atomic E-state index is -1.48. The third kappa shape index (κ3) is 3.77. The molecule has 1 N–H and O–H groups in total. The van der Waals surface area contributed by atoms with Gasteiger partial charge in [0.1, 0.15) is 0 Å². The fourth-order valence-electron chi connectivity index (χ4n) is 0.106. The first-order chi connectivity index (χ1) is 3.66. The first-order valence-corrected chi connectivity index (χ1v) is 2.35. The average molecular weight is 157 g/mol. The van der Waals surface area contributed by atoms with E-state index in [0.29, 0.717) is 0 Å². The van der Waals surface area contributed by atoms with Crippen molar-refractivity contribution in [3.05, 3.63) is 10.8 Å². The lowest BCUT2D eigenvalue weighted by Gasteiger charge is -1.90. The fraction of sp³-hybridized carbons (Fsp3) is 0. The Labute approximate surface area is 55.5 Å². The maximum absolute atomic E-state index is 9.56. The molecule has 0 aromatic rings. The maximum atomic E-state index is 9.56. The zero-order valence-corrected chi connectivity index (χ0v) is 5.11. The second kappa shape index (κ2) is 3.57. The molecule has 0 aliphatic heterocycles. The molecule has 0 heterocycles. The average Bonchev–Trinajstić information content (AvgIpc) is 1.65. The van der Waals surface area contributed by atoms with Crippen molar-refractivity contribution in [2.75, 3.05) is 0 Å². The van der Waals surface area contributed by atoms with E-state index in [9.17, 15) is 4.79 Å². The van der Waals surface area contributed by atoms with Crippen molar-refractivity contribution in [3.8, 4) is 0 Å². The second-order valence-electron chi connectivity index (χ2n) is 0.781. The van der Waals surface area contributed by atoms with Gasteiger partial charge < -0.3 is 9.84 Å². The summed E-state index contributed by atoms with van der Waals surface area (Å²) < 4.78 is 3.81. The van der Waals surface area contributed by atoms with Crippen LogP contribution in [0.15, 0.2) is 10.8 Å². The van der Waals surface area contributed by atoms with Crippen LogP contribution in [0.2, 0.25) is 0 Å². The van der Waals surface area contributed by atoms with Crippen LogP contribution in [0.3, 0.4) is 0 Å². The minimum Gasteiger partial charge on any atom is -0.449 e. The van der Waals surface area contributed by atoms with E-state index in [-0.39, 0.29) is 5.22 Å². The van der Waals surface area contributed by atoms with E-state index in [1.54, 1.807) is 0 Å². The molecule has 0 unspecified atom stereocenters.